The highest BCUT2D eigenvalue weighted by atomic mass is 35.5. The minimum atomic E-state index is -0.218. The quantitative estimate of drug-likeness (QED) is 0.910. The van der Waals surface area contributed by atoms with Crippen LogP contribution in [0.5, 0.6) is 0 Å². The van der Waals surface area contributed by atoms with E-state index in [4.69, 9.17) is 17.3 Å². The number of aryl methyl sites for hydroxylation is 2. The first-order valence-corrected chi connectivity index (χ1v) is 7.07. The number of amides is 1. The minimum Gasteiger partial charge on any atom is -0.395 e. The number of rotatable bonds is 4. The smallest absolute Gasteiger partial charge is 0.272 e. The second-order valence-corrected chi connectivity index (χ2v) is 5.85. The van der Waals surface area contributed by atoms with Crippen LogP contribution in [0, 0.1) is 6.92 Å². The van der Waals surface area contributed by atoms with Crippen molar-refractivity contribution in [2.45, 2.75) is 26.9 Å². The van der Waals surface area contributed by atoms with Crippen LogP contribution in [-0.4, -0.2) is 15.7 Å². The molecule has 2 aromatic rings. The van der Waals surface area contributed by atoms with Gasteiger partial charge in [0.1, 0.15) is 5.69 Å². The second-order valence-electron chi connectivity index (χ2n) is 4.05. The average Bonchev–Trinajstić information content (AvgIpc) is 2.92. The van der Waals surface area contributed by atoms with Crippen LogP contribution in [-0.2, 0) is 13.1 Å². The maximum absolute atomic E-state index is 12.2. The fraction of sp³-hybridized carbons (Fsp3) is 0.333. The molecule has 0 aliphatic carbocycles. The molecule has 0 saturated carbocycles. The molecule has 0 unspecified atom stereocenters. The molecule has 0 spiro atoms. The van der Waals surface area contributed by atoms with Crippen molar-refractivity contribution in [1.29, 1.82) is 0 Å². The van der Waals surface area contributed by atoms with Gasteiger partial charge in [-0.3, -0.25) is 9.48 Å². The Labute approximate surface area is 120 Å². The van der Waals surface area contributed by atoms with Gasteiger partial charge >= 0.3 is 0 Å². The van der Waals surface area contributed by atoms with Crippen LogP contribution in [0.2, 0.25) is 4.34 Å². The monoisotopic (exact) mass is 298 g/mol. The Kier molecular flexibility index (Phi) is 4.11. The number of nitrogens with one attached hydrogen (secondary N) is 1. The zero-order valence-corrected chi connectivity index (χ0v) is 12.3. The number of anilines is 1. The molecule has 0 aromatic carbocycles. The topological polar surface area (TPSA) is 72.9 Å². The van der Waals surface area contributed by atoms with Crippen LogP contribution in [0.4, 0.5) is 5.69 Å². The van der Waals surface area contributed by atoms with Crippen LogP contribution in [0.3, 0.4) is 0 Å². The number of halogens is 1. The Balaban J connectivity index is 2.12. The first-order chi connectivity index (χ1) is 9.02. The van der Waals surface area contributed by atoms with E-state index in [1.54, 1.807) is 11.6 Å². The molecule has 0 atom stereocenters. The summed E-state index contributed by atoms with van der Waals surface area (Å²) in [7, 11) is 0. The highest BCUT2D eigenvalue weighted by molar-refractivity contribution is 7.16. The molecule has 5 nitrogen and oxygen atoms in total. The van der Waals surface area contributed by atoms with Crippen molar-refractivity contribution in [2.75, 3.05) is 5.73 Å². The molecular weight excluding hydrogens is 284 g/mol. The maximum atomic E-state index is 12.2. The van der Waals surface area contributed by atoms with Crippen LogP contribution in [0.25, 0.3) is 0 Å². The predicted molar refractivity (Wildman–Crippen MR) is 77.5 cm³/mol. The molecule has 0 fully saturated rings. The summed E-state index contributed by atoms with van der Waals surface area (Å²) in [6, 6.07) is 3.70. The summed E-state index contributed by atoms with van der Waals surface area (Å²) in [6.45, 7) is 4.74. The van der Waals surface area contributed by atoms with Gasteiger partial charge in [-0.15, -0.1) is 11.3 Å². The summed E-state index contributed by atoms with van der Waals surface area (Å²) < 4.78 is 2.32. The van der Waals surface area contributed by atoms with E-state index >= 15 is 0 Å². The third kappa shape index (κ3) is 2.90. The summed E-state index contributed by atoms with van der Waals surface area (Å²) in [5.74, 6) is -0.218. The van der Waals surface area contributed by atoms with Crippen LogP contribution >= 0.6 is 22.9 Å². The summed E-state index contributed by atoms with van der Waals surface area (Å²) >= 11 is 7.28. The lowest BCUT2D eigenvalue weighted by Crippen LogP contribution is -2.26. The molecular formula is C12H15ClN4OS. The summed E-state index contributed by atoms with van der Waals surface area (Å²) in [4.78, 5) is 13.2. The highest BCUT2D eigenvalue weighted by Crippen LogP contribution is 2.21. The normalized spacial score (nSPS) is 10.7. The van der Waals surface area contributed by atoms with Gasteiger partial charge in [0.05, 0.1) is 22.3 Å². The summed E-state index contributed by atoms with van der Waals surface area (Å²) in [5, 5.41) is 7.05. The Morgan fingerprint density at radius 2 is 2.32 bits per heavy atom. The molecule has 0 bridgehead atoms. The third-order valence-electron chi connectivity index (χ3n) is 2.74. The number of hydrogen-bond acceptors (Lipinski definition) is 4. The number of carbonyl (C=O) groups excluding carboxylic acids is 1. The van der Waals surface area contributed by atoms with Crippen molar-refractivity contribution < 1.29 is 4.79 Å². The van der Waals surface area contributed by atoms with Gasteiger partial charge in [0.15, 0.2) is 0 Å². The molecule has 102 valence electrons. The largest absolute Gasteiger partial charge is 0.395 e. The standard InChI is InChI=1S/C12H15ClN4OS/c1-3-17-11(10(14)7(2)16-17)12(18)15-6-8-4-5-9(13)19-8/h4-5H,3,6,14H2,1-2H3,(H,15,18). The zero-order chi connectivity index (χ0) is 14.0. The minimum absolute atomic E-state index is 0.218. The van der Waals surface area contributed by atoms with Gasteiger partial charge in [-0.25, -0.2) is 0 Å². The number of nitrogens with zero attached hydrogens (tertiary/aromatic N) is 2. The molecule has 0 aliphatic rings. The summed E-state index contributed by atoms with van der Waals surface area (Å²) in [6.07, 6.45) is 0. The van der Waals surface area contributed by atoms with Crippen molar-refractivity contribution in [3.63, 3.8) is 0 Å². The molecule has 1 amide bonds. The highest BCUT2D eigenvalue weighted by Gasteiger charge is 2.18. The lowest BCUT2D eigenvalue weighted by molar-refractivity contribution is 0.0941. The van der Waals surface area contributed by atoms with Crippen molar-refractivity contribution in [3.05, 3.63) is 32.7 Å². The van der Waals surface area contributed by atoms with Gasteiger partial charge in [-0.2, -0.15) is 5.10 Å². The number of nitrogen functional groups attached to an aromatic ring is 1. The Hall–Kier alpha value is -1.53. The Morgan fingerprint density at radius 1 is 1.58 bits per heavy atom. The van der Waals surface area contributed by atoms with Crippen molar-refractivity contribution >= 4 is 34.5 Å². The zero-order valence-electron chi connectivity index (χ0n) is 10.7. The molecule has 3 N–H and O–H groups in total. The van der Waals surface area contributed by atoms with E-state index < -0.39 is 0 Å². The van der Waals surface area contributed by atoms with E-state index in [2.05, 4.69) is 10.4 Å². The van der Waals surface area contributed by atoms with Gasteiger partial charge in [-0.1, -0.05) is 11.6 Å². The van der Waals surface area contributed by atoms with Gasteiger partial charge in [0, 0.05) is 11.4 Å². The number of carbonyl (C=O) groups is 1. The van der Waals surface area contributed by atoms with Crippen molar-refractivity contribution in [3.8, 4) is 0 Å². The third-order valence-corrected chi connectivity index (χ3v) is 3.97. The van der Waals surface area contributed by atoms with Crippen molar-refractivity contribution in [2.24, 2.45) is 0 Å². The maximum Gasteiger partial charge on any atom is 0.272 e. The molecule has 7 heteroatoms. The van der Waals surface area contributed by atoms with Gasteiger partial charge in [0.2, 0.25) is 0 Å². The summed E-state index contributed by atoms with van der Waals surface area (Å²) in [5.41, 5.74) is 7.42. The number of hydrogen-bond donors (Lipinski definition) is 2. The molecule has 2 rings (SSSR count). The fourth-order valence-electron chi connectivity index (χ4n) is 1.76. The molecule has 0 radical (unpaired) electrons. The molecule has 2 aromatic heterocycles. The first kappa shape index (κ1) is 13.9. The van der Waals surface area contributed by atoms with Gasteiger partial charge in [0.25, 0.3) is 5.91 Å². The number of thiophene rings is 1. The van der Waals surface area contributed by atoms with Gasteiger partial charge < -0.3 is 11.1 Å². The SMILES string of the molecule is CCn1nc(C)c(N)c1C(=O)NCc1ccc(Cl)s1. The van der Waals surface area contributed by atoms with E-state index in [1.165, 1.54) is 11.3 Å². The van der Waals surface area contributed by atoms with Crippen molar-refractivity contribution in [1.82, 2.24) is 15.1 Å². The first-order valence-electron chi connectivity index (χ1n) is 5.88. The van der Waals surface area contributed by atoms with Crippen LogP contribution in [0.15, 0.2) is 12.1 Å². The Morgan fingerprint density at radius 3 is 2.89 bits per heavy atom. The molecule has 19 heavy (non-hydrogen) atoms. The van der Waals surface area contributed by atoms with E-state index in [0.717, 1.165) is 4.88 Å². The Bertz CT molecular complexity index is 605. The number of aromatic nitrogens is 2. The molecule has 0 aliphatic heterocycles. The second kappa shape index (κ2) is 5.63. The van der Waals surface area contributed by atoms with E-state index in [0.29, 0.717) is 34.5 Å². The lowest BCUT2D eigenvalue weighted by atomic mass is 10.3. The molecule has 0 saturated heterocycles. The predicted octanol–water partition coefficient (Wildman–Crippen LogP) is 2.44. The van der Waals surface area contributed by atoms with E-state index in [1.807, 2.05) is 19.1 Å². The molecule has 2 heterocycles. The lowest BCUT2D eigenvalue weighted by Gasteiger charge is -2.06. The van der Waals surface area contributed by atoms with Crippen LogP contribution < -0.4 is 11.1 Å². The number of nitrogens with two attached hydrogens (primary N) is 1. The fourth-order valence-corrected chi connectivity index (χ4v) is 2.79. The average molecular weight is 299 g/mol. The van der Waals surface area contributed by atoms with Gasteiger partial charge in [-0.05, 0) is 26.0 Å². The van der Waals surface area contributed by atoms with E-state index in [9.17, 15) is 4.79 Å². The van der Waals surface area contributed by atoms with Crippen LogP contribution in [0.1, 0.15) is 28.0 Å². The van der Waals surface area contributed by atoms with E-state index in [-0.39, 0.29) is 5.91 Å².